The maximum atomic E-state index is 14.2. The van der Waals surface area contributed by atoms with Crippen molar-refractivity contribution in [1.82, 2.24) is 4.98 Å². The molecule has 0 amide bonds. The molecule has 0 aliphatic heterocycles. The van der Waals surface area contributed by atoms with Crippen LogP contribution in [-0.2, 0) is 12.4 Å². The maximum absolute atomic E-state index is 14.2. The van der Waals surface area contributed by atoms with E-state index < -0.39 is 53.1 Å². The summed E-state index contributed by atoms with van der Waals surface area (Å²) in [7, 11) is 0. The van der Waals surface area contributed by atoms with Crippen molar-refractivity contribution >= 4 is 5.78 Å². The summed E-state index contributed by atoms with van der Waals surface area (Å²) >= 11 is 0. The Morgan fingerprint density at radius 2 is 1.48 bits per heavy atom. The largest absolute Gasteiger partial charge is 0.419 e. The molecule has 0 bridgehead atoms. The van der Waals surface area contributed by atoms with Gasteiger partial charge in [-0.15, -0.1) is 0 Å². The lowest BCUT2D eigenvalue weighted by molar-refractivity contribution is -0.140. The zero-order valence-corrected chi connectivity index (χ0v) is 15.6. The Bertz CT molecular complexity index is 1080. The molecule has 0 aliphatic rings. The smallest absolute Gasteiger partial charge is 0.294 e. The first kappa shape index (κ1) is 22.5. The van der Waals surface area contributed by atoms with Crippen molar-refractivity contribution in [3.63, 3.8) is 0 Å². The number of ketones is 1. The van der Waals surface area contributed by atoms with Gasteiger partial charge in [0.15, 0.2) is 5.78 Å². The lowest BCUT2D eigenvalue weighted by Gasteiger charge is -2.21. The minimum atomic E-state index is -4.97. The van der Waals surface area contributed by atoms with Crippen molar-refractivity contribution in [2.45, 2.75) is 24.7 Å². The van der Waals surface area contributed by atoms with E-state index in [0.717, 1.165) is 24.4 Å². The topological polar surface area (TPSA) is 30.0 Å². The van der Waals surface area contributed by atoms with Gasteiger partial charge in [-0.3, -0.25) is 9.78 Å². The number of aromatic nitrogens is 1. The third kappa shape index (κ3) is 5.10. The molecular weight excluding hydrogens is 427 g/mol. The average molecular weight is 441 g/mol. The van der Waals surface area contributed by atoms with Crippen molar-refractivity contribution in [2.75, 3.05) is 0 Å². The first-order valence-corrected chi connectivity index (χ1v) is 8.95. The molecule has 0 radical (unpaired) electrons. The van der Waals surface area contributed by atoms with Crippen LogP contribution in [0, 0.1) is 5.82 Å². The molecule has 9 heteroatoms. The molecule has 1 aromatic heterocycles. The summed E-state index contributed by atoms with van der Waals surface area (Å²) in [5.74, 6) is -3.63. The second kappa shape index (κ2) is 8.49. The Morgan fingerprint density at radius 1 is 0.839 bits per heavy atom. The van der Waals surface area contributed by atoms with Crippen LogP contribution in [0.2, 0.25) is 0 Å². The monoisotopic (exact) mass is 441 g/mol. The van der Waals surface area contributed by atoms with Crippen LogP contribution < -0.4 is 0 Å². The number of nitrogens with zero attached hydrogens (tertiary/aromatic N) is 1. The Morgan fingerprint density at radius 3 is 2.06 bits per heavy atom. The van der Waals surface area contributed by atoms with Crippen molar-refractivity contribution in [1.29, 1.82) is 0 Å². The van der Waals surface area contributed by atoms with E-state index in [0.29, 0.717) is 12.1 Å². The van der Waals surface area contributed by atoms with Crippen molar-refractivity contribution in [3.8, 4) is 0 Å². The molecule has 31 heavy (non-hydrogen) atoms. The molecule has 0 unspecified atom stereocenters. The molecule has 1 atom stereocenters. The standard InChI is InChI=1S/C22H14F7NO/c23-18-11-14(8-9-16(18)21(24,25)26)15(12-19(31)13-5-2-1-3-6-13)20-17(22(27,28)29)7-4-10-30-20/h1-11,15H,12H2/t15-/m0/s1. The number of benzene rings is 2. The summed E-state index contributed by atoms with van der Waals surface area (Å²) in [4.78, 5) is 16.4. The van der Waals surface area contributed by atoms with Gasteiger partial charge in [0, 0.05) is 24.1 Å². The van der Waals surface area contributed by atoms with E-state index in [4.69, 9.17) is 0 Å². The Balaban J connectivity index is 2.12. The summed E-state index contributed by atoms with van der Waals surface area (Å²) in [6.45, 7) is 0. The van der Waals surface area contributed by atoms with Crippen LogP contribution in [0.4, 0.5) is 30.7 Å². The summed E-state index contributed by atoms with van der Waals surface area (Å²) in [5, 5.41) is 0. The molecule has 2 aromatic carbocycles. The molecule has 0 saturated carbocycles. The van der Waals surface area contributed by atoms with Crippen LogP contribution in [0.15, 0.2) is 66.9 Å². The van der Waals surface area contributed by atoms with E-state index in [-0.39, 0.29) is 11.1 Å². The molecule has 162 valence electrons. The highest BCUT2D eigenvalue weighted by atomic mass is 19.4. The molecule has 0 spiro atoms. The number of alkyl halides is 6. The molecule has 2 nitrogen and oxygen atoms in total. The second-order valence-corrected chi connectivity index (χ2v) is 6.72. The number of pyridine rings is 1. The highest BCUT2D eigenvalue weighted by Crippen LogP contribution is 2.40. The second-order valence-electron chi connectivity index (χ2n) is 6.72. The van der Waals surface area contributed by atoms with Crippen molar-refractivity contribution in [3.05, 3.63) is 101 Å². The lowest BCUT2D eigenvalue weighted by atomic mass is 9.86. The molecule has 3 rings (SSSR count). The van der Waals surface area contributed by atoms with Gasteiger partial charge in [0.05, 0.1) is 16.8 Å². The molecule has 3 aromatic rings. The van der Waals surface area contributed by atoms with Gasteiger partial charge in [-0.25, -0.2) is 4.39 Å². The summed E-state index contributed by atoms with van der Waals surface area (Å²) in [6, 6.07) is 11.3. The minimum absolute atomic E-state index is 0.198. The SMILES string of the molecule is O=C(C[C@@H](c1ccc(C(F)(F)F)c(F)c1)c1ncccc1C(F)(F)F)c1ccccc1. The number of hydrogen-bond acceptors (Lipinski definition) is 2. The molecule has 1 heterocycles. The van der Waals surface area contributed by atoms with E-state index in [9.17, 15) is 35.5 Å². The first-order valence-electron chi connectivity index (χ1n) is 8.95. The lowest BCUT2D eigenvalue weighted by Crippen LogP contribution is -2.18. The molecular formula is C22H14F7NO. The summed E-state index contributed by atoms with van der Waals surface area (Å²) in [6.07, 6.45) is -9.28. The maximum Gasteiger partial charge on any atom is 0.419 e. The third-order valence-corrected chi connectivity index (χ3v) is 4.66. The van der Waals surface area contributed by atoms with Gasteiger partial charge >= 0.3 is 12.4 Å². The van der Waals surface area contributed by atoms with Crippen LogP contribution in [0.3, 0.4) is 0 Å². The van der Waals surface area contributed by atoms with Gasteiger partial charge < -0.3 is 0 Å². The van der Waals surface area contributed by atoms with E-state index in [1.54, 1.807) is 18.2 Å². The fraction of sp³-hybridized carbons (Fsp3) is 0.182. The molecule has 0 aliphatic carbocycles. The zero-order chi connectivity index (χ0) is 22.8. The molecule has 0 N–H and O–H groups in total. The fourth-order valence-corrected chi connectivity index (χ4v) is 3.21. The van der Waals surface area contributed by atoms with E-state index in [2.05, 4.69) is 4.98 Å². The van der Waals surface area contributed by atoms with Gasteiger partial charge in [-0.05, 0) is 29.8 Å². The quantitative estimate of drug-likeness (QED) is 0.327. The Labute approximate surface area is 172 Å². The van der Waals surface area contributed by atoms with Crippen LogP contribution >= 0.6 is 0 Å². The van der Waals surface area contributed by atoms with E-state index >= 15 is 0 Å². The number of carbonyl (C=O) groups is 1. The number of halogens is 7. The highest BCUT2D eigenvalue weighted by Gasteiger charge is 2.38. The number of carbonyl (C=O) groups excluding carboxylic acids is 1. The van der Waals surface area contributed by atoms with Crippen molar-refractivity contribution in [2.24, 2.45) is 0 Å². The predicted molar refractivity (Wildman–Crippen MR) is 97.9 cm³/mol. The Kier molecular flexibility index (Phi) is 6.15. The van der Waals surface area contributed by atoms with Crippen LogP contribution in [0.5, 0.6) is 0 Å². The van der Waals surface area contributed by atoms with Gasteiger partial charge in [-0.2, -0.15) is 26.3 Å². The average Bonchev–Trinajstić information content (AvgIpc) is 2.71. The van der Waals surface area contributed by atoms with Crippen molar-refractivity contribution < 1.29 is 35.5 Å². The number of rotatable bonds is 5. The van der Waals surface area contributed by atoms with Crippen LogP contribution in [0.1, 0.15) is 45.1 Å². The summed E-state index contributed by atoms with van der Waals surface area (Å²) in [5.41, 5.74) is -3.30. The van der Waals surface area contributed by atoms with E-state index in [1.165, 1.54) is 12.1 Å². The number of hydrogen-bond donors (Lipinski definition) is 0. The number of Topliss-reactive ketones (excluding diaryl/α,β-unsaturated/α-hetero) is 1. The summed E-state index contributed by atoms with van der Waals surface area (Å²) < 4.78 is 93.5. The molecule has 0 fully saturated rings. The first-order chi connectivity index (χ1) is 14.5. The van der Waals surface area contributed by atoms with E-state index in [1.807, 2.05) is 0 Å². The third-order valence-electron chi connectivity index (χ3n) is 4.66. The van der Waals surface area contributed by atoms with Gasteiger partial charge in [0.1, 0.15) is 5.82 Å². The minimum Gasteiger partial charge on any atom is -0.294 e. The predicted octanol–water partition coefficient (Wildman–Crippen LogP) is 6.66. The van der Waals surface area contributed by atoms with Gasteiger partial charge in [0.25, 0.3) is 0 Å². The van der Waals surface area contributed by atoms with Crippen LogP contribution in [0.25, 0.3) is 0 Å². The zero-order valence-electron chi connectivity index (χ0n) is 15.6. The molecule has 0 saturated heterocycles. The van der Waals surface area contributed by atoms with Gasteiger partial charge in [-0.1, -0.05) is 36.4 Å². The van der Waals surface area contributed by atoms with Gasteiger partial charge in [0.2, 0.25) is 0 Å². The normalized spacial score (nSPS) is 13.1. The van der Waals surface area contributed by atoms with Crippen LogP contribution in [-0.4, -0.2) is 10.8 Å². The Hall–Kier alpha value is -3.23. The fourth-order valence-electron chi connectivity index (χ4n) is 3.21. The highest BCUT2D eigenvalue weighted by molar-refractivity contribution is 5.96.